The predicted molar refractivity (Wildman–Crippen MR) is 48.5 cm³/mol. The molecule has 1 atom stereocenters. The van der Waals surface area contributed by atoms with Crippen molar-refractivity contribution in [1.29, 1.82) is 5.26 Å². The van der Waals surface area contributed by atoms with Gasteiger partial charge in [-0.05, 0) is 25.0 Å². The summed E-state index contributed by atoms with van der Waals surface area (Å²) in [5, 5.41) is 8.61. The molecule has 0 aliphatic carbocycles. The molecule has 0 aromatic heterocycles. The SMILES string of the molecule is Cc1ccc([C@H](N)C#N)c(C)c1. The van der Waals surface area contributed by atoms with Crippen molar-refractivity contribution in [2.24, 2.45) is 5.73 Å². The quantitative estimate of drug-likeness (QED) is 0.681. The van der Waals surface area contributed by atoms with Gasteiger partial charge in [-0.3, -0.25) is 0 Å². The molecule has 0 aliphatic rings. The summed E-state index contributed by atoms with van der Waals surface area (Å²) in [6.45, 7) is 3.99. The van der Waals surface area contributed by atoms with Gasteiger partial charge < -0.3 is 5.73 Å². The molecule has 2 N–H and O–H groups in total. The Morgan fingerprint density at radius 1 is 1.42 bits per heavy atom. The Hall–Kier alpha value is -1.33. The standard InChI is InChI=1S/C10H12N2/c1-7-3-4-9(8(2)5-7)10(12)6-11/h3-5,10H,12H2,1-2H3/t10-/m1/s1. The maximum absolute atomic E-state index is 8.61. The molecule has 0 radical (unpaired) electrons. The predicted octanol–water partition coefficient (Wildman–Crippen LogP) is 1.83. The average molecular weight is 160 g/mol. The Kier molecular flexibility index (Phi) is 2.47. The normalized spacial score (nSPS) is 12.2. The van der Waals surface area contributed by atoms with E-state index in [2.05, 4.69) is 0 Å². The number of nitriles is 1. The fraction of sp³-hybridized carbons (Fsp3) is 0.300. The second kappa shape index (κ2) is 3.38. The topological polar surface area (TPSA) is 49.8 Å². The summed E-state index contributed by atoms with van der Waals surface area (Å²) in [5.74, 6) is 0. The molecule has 0 amide bonds. The summed E-state index contributed by atoms with van der Waals surface area (Å²) in [4.78, 5) is 0. The lowest BCUT2D eigenvalue weighted by Gasteiger charge is -2.07. The lowest BCUT2D eigenvalue weighted by Crippen LogP contribution is -2.08. The zero-order valence-corrected chi connectivity index (χ0v) is 7.33. The number of hydrogen-bond acceptors (Lipinski definition) is 2. The van der Waals surface area contributed by atoms with Gasteiger partial charge in [0.05, 0.1) is 6.07 Å². The monoisotopic (exact) mass is 160 g/mol. The van der Waals surface area contributed by atoms with Crippen LogP contribution in [0.3, 0.4) is 0 Å². The van der Waals surface area contributed by atoms with Crippen molar-refractivity contribution in [2.45, 2.75) is 19.9 Å². The summed E-state index contributed by atoms with van der Waals surface area (Å²) in [6, 6.07) is 7.45. The second-order valence-corrected chi connectivity index (χ2v) is 2.97. The van der Waals surface area contributed by atoms with E-state index < -0.39 is 6.04 Å². The summed E-state index contributed by atoms with van der Waals surface area (Å²) in [5.41, 5.74) is 8.79. The lowest BCUT2D eigenvalue weighted by atomic mass is 10.0. The fourth-order valence-corrected chi connectivity index (χ4v) is 1.24. The van der Waals surface area contributed by atoms with Crippen molar-refractivity contribution in [2.75, 3.05) is 0 Å². The summed E-state index contributed by atoms with van der Waals surface area (Å²) in [6.07, 6.45) is 0. The van der Waals surface area contributed by atoms with Crippen LogP contribution in [0.1, 0.15) is 22.7 Å². The highest BCUT2D eigenvalue weighted by Crippen LogP contribution is 2.15. The molecular formula is C10H12N2. The molecule has 0 fully saturated rings. The Morgan fingerprint density at radius 2 is 2.08 bits per heavy atom. The number of aryl methyl sites for hydroxylation is 2. The van der Waals surface area contributed by atoms with Crippen molar-refractivity contribution in [1.82, 2.24) is 0 Å². The zero-order valence-electron chi connectivity index (χ0n) is 7.33. The van der Waals surface area contributed by atoms with Crippen LogP contribution in [0.2, 0.25) is 0 Å². The van der Waals surface area contributed by atoms with Gasteiger partial charge in [-0.15, -0.1) is 0 Å². The Bertz CT molecular complexity index is 323. The minimum Gasteiger partial charge on any atom is -0.312 e. The molecule has 0 heterocycles. The largest absolute Gasteiger partial charge is 0.312 e. The molecule has 1 aromatic carbocycles. The number of nitrogens with two attached hydrogens (primary N) is 1. The Morgan fingerprint density at radius 3 is 2.58 bits per heavy atom. The highest BCUT2D eigenvalue weighted by atomic mass is 14.6. The Balaban J connectivity index is 3.11. The molecule has 0 spiro atoms. The first-order chi connectivity index (χ1) is 5.65. The maximum Gasteiger partial charge on any atom is 0.119 e. The first-order valence-electron chi connectivity index (χ1n) is 3.87. The van der Waals surface area contributed by atoms with Crippen molar-refractivity contribution in [3.05, 3.63) is 34.9 Å². The van der Waals surface area contributed by atoms with Crippen molar-refractivity contribution in [3.63, 3.8) is 0 Å². The first-order valence-corrected chi connectivity index (χ1v) is 3.87. The van der Waals surface area contributed by atoms with Crippen LogP contribution in [-0.2, 0) is 0 Å². The number of benzene rings is 1. The molecule has 2 heteroatoms. The minimum absolute atomic E-state index is 0.495. The fourth-order valence-electron chi connectivity index (χ4n) is 1.24. The molecule has 0 unspecified atom stereocenters. The third-order valence-electron chi connectivity index (χ3n) is 1.90. The van der Waals surface area contributed by atoms with E-state index >= 15 is 0 Å². The van der Waals surface area contributed by atoms with Crippen LogP contribution in [0, 0.1) is 25.2 Å². The third kappa shape index (κ3) is 1.63. The molecule has 0 saturated heterocycles. The van der Waals surface area contributed by atoms with E-state index in [1.807, 2.05) is 38.1 Å². The number of nitrogens with zero attached hydrogens (tertiary/aromatic N) is 1. The van der Waals surface area contributed by atoms with Crippen LogP contribution in [0.5, 0.6) is 0 Å². The highest BCUT2D eigenvalue weighted by Gasteiger charge is 2.06. The van der Waals surface area contributed by atoms with Crippen molar-refractivity contribution in [3.8, 4) is 6.07 Å². The van der Waals surface area contributed by atoms with Crippen molar-refractivity contribution >= 4 is 0 Å². The number of hydrogen-bond donors (Lipinski definition) is 1. The molecule has 0 saturated carbocycles. The molecule has 2 nitrogen and oxygen atoms in total. The van der Waals surface area contributed by atoms with Gasteiger partial charge in [0.1, 0.15) is 6.04 Å². The van der Waals surface area contributed by atoms with E-state index in [-0.39, 0.29) is 0 Å². The summed E-state index contributed by atoms with van der Waals surface area (Å²) < 4.78 is 0. The van der Waals surface area contributed by atoms with Gasteiger partial charge >= 0.3 is 0 Å². The molecule has 12 heavy (non-hydrogen) atoms. The van der Waals surface area contributed by atoms with Gasteiger partial charge in [0.15, 0.2) is 0 Å². The summed E-state index contributed by atoms with van der Waals surface area (Å²) in [7, 11) is 0. The van der Waals surface area contributed by atoms with Crippen LogP contribution < -0.4 is 5.73 Å². The minimum atomic E-state index is -0.495. The van der Waals surface area contributed by atoms with Gasteiger partial charge in [-0.2, -0.15) is 5.26 Å². The summed E-state index contributed by atoms with van der Waals surface area (Å²) >= 11 is 0. The van der Waals surface area contributed by atoms with E-state index in [1.54, 1.807) is 0 Å². The first kappa shape index (κ1) is 8.76. The van der Waals surface area contributed by atoms with E-state index in [1.165, 1.54) is 5.56 Å². The molecular weight excluding hydrogens is 148 g/mol. The third-order valence-corrected chi connectivity index (χ3v) is 1.90. The molecule has 1 rings (SSSR count). The average Bonchev–Trinajstić information content (AvgIpc) is 2.03. The smallest absolute Gasteiger partial charge is 0.119 e. The molecule has 0 bridgehead atoms. The molecule has 0 aliphatic heterocycles. The van der Waals surface area contributed by atoms with Gasteiger partial charge in [-0.25, -0.2) is 0 Å². The van der Waals surface area contributed by atoms with E-state index in [9.17, 15) is 0 Å². The van der Waals surface area contributed by atoms with Crippen LogP contribution in [-0.4, -0.2) is 0 Å². The van der Waals surface area contributed by atoms with Crippen molar-refractivity contribution < 1.29 is 0 Å². The number of rotatable bonds is 1. The van der Waals surface area contributed by atoms with Gasteiger partial charge in [0, 0.05) is 0 Å². The van der Waals surface area contributed by atoms with Crippen LogP contribution in [0.25, 0.3) is 0 Å². The van der Waals surface area contributed by atoms with Gasteiger partial charge in [0.2, 0.25) is 0 Å². The van der Waals surface area contributed by atoms with Crippen LogP contribution >= 0.6 is 0 Å². The van der Waals surface area contributed by atoms with Gasteiger partial charge in [-0.1, -0.05) is 23.8 Å². The molecule has 1 aromatic rings. The van der Waals surface area contributed by atoms with Gasteiger partial charge in [0.25, 0.3) is 0 Å². The van der Waals surface area contributed by atoms with E-state index in [0.717, 1.165) is 11.1 Å². The van der Waals surface area contributed by atoms with E-state index in [4.69, 9.17) is 11.0 Å². The van der Waals surface area contributed by atoms with E-state index in [0.29, 0.717) is 0 Å². The zero-order chi connectivity index (χ0) is 9.14. The maximum atomic E-state index is 8.61. The van der Waals surface area contributed by atoms with Crippen LogP contribution in [0.4, 0.5) is 0 Å². The van der Waals surface area contributed by atoms with Crippen LogP contribution in [0.15, 0.2) is 18.2 Å². The molecule has 62 valence electrons. The Labute approximate surface area is 72.6 Å². The second-order valence-electron chi connectivity index (χ2n) is 2.97. The highest BCUT2D eigenvalue weighted by molar-refractivity contribution is 5.34. The lowest BCUT2D eigenvalue weighted by molar-refractivity contribution is 0.913.